The summed E-state index contributed by atoms with van der Waals surface area (Å²) in [5.41, 5.74) is 0.872. The van der Waals surface area contributed by atoms with Crippen molar-refractivity contribution in [3.63, 3.8) is 0 Å². The van der Waals surface area contributed by atoms with Gasteiger partial charge >= 0.3 is 0 Å². The van der Waals surface area contributed by atoms with Crippen LogP contribution in [0.15, 0.2) is 30.3 Å². The van der Waals surface area contributed by atoms with Gasteiger partial charge in [-0.05, 0) is 24.4 Å². The third-order valence-electron chi connectivity index (χ3n) is 2.84. The van der Waals surface area contributed by atoms with Crippen molar-refractivity contribution in [2.24, 2.45) is 0 Å². The van der Waals surface area contributed by atoms with Crippen LogP contribution in [0, 0.1) is 0 Å². The van der Waals surface area contributed by atoms with E-state index in [4.69, 9.17) is 12.2 Å². The number of para-hydroxylation sites is 1. The topological polar surface area (TPSA) is 23.6 Å². The molecule has 0 saturated carbocycles. The van der Waals surface area contributed by atoms with Crippen LogP contribution in [0.4, 0.5) is 5.69 Å². The van der Waals surface area contributed by atoms with E-state index in [1.807, 2.05) is 35.2 Å². The molecule has 0 aromatic heterocycles. The average Bonchev–Trinajstić information content (AvgIpc) is 2.86. The lowest BCUT2D eigenvalue weighted by Gasteiger charge is -2.18. The third kappa shape index (κ3) is 1.35. The Morgan fingerprint density at radius 2 is 2.06 bits per heavy atom. The van der Waals surface area contributed by atoms with Crippen molar-refractivity contribution in [1.29, 1.82) is 0 Å². The minimum atomic E-state index is -0.0438. The molecule has 82 valence electrons. The van der Waals surface area contributed by atoms with E-state index in [1.54, 1.807) is 16.7 Å². The van der Waals surface area contributed by atoms with Crippen molar-refractivity contribution >= 4 is 40.7 Å². The summed E-state index contributed by atoms with van der Waals surface area (Å²) in [6.45, 7) is 0. The van der Waals surface area contributed by atoms with Crippen LogP contribution in [0.3, 0.4) is 0 Å². The summed E-state index contributed by atoms with van der Waals surface area (Å²) in [4.78, 5) is 15.8. The first-order valence-corrected chi connectivity index (χ1v) is 6.63. The number of thiocarbonyl (C=S) groups is 1. The summed E-state index contributed by atoms with van der Waals surface area (Å²) in [5, 5.41) is 0.645. The minimum Gasteiger partial charge on any atom is -0.326 e. The van der Waals surface area contributed by atoms with E-state index in [2.05, 4.69) is 0 Å². The zero-order valence-electron chi connectivity index (χ0n) is 8.50. The van der Waals surface area contributed by atoms with E-state index >= 15 is 0 Å². The molecule has 2 aliphatic heterocycles. The van der Waals surface area contributed by atoms with Crippen molar-refractivity contribution < 1.29 is 4.79 Å². The molecule has 0 N–H and O–H groups in total. The highest BCUT2D eigenvalue weighted by Gasteiger charge is 2.45. The second-order valence-corrected chi connectivity index (χ2v) is 5.14. The highest BCUT2D eigenvalue weighted by molar-refractivity contribution is 7.99. The zero-order valence-corrected chi connectivity index (χ0v) is 10.1. The van der Waals surface area contributed by atoms with Crippen LogP contribution in [-0.2, 0) is 4.79 Å². The number of carbonyl (C=O) groups excluding carboxylic acids is 1. The van der Waals surface area contributed by atoms with Crippen molar-refractivity contribution in [3.8, 4) is 0 Å². The zero-order chi connectivity index (χ0) is 11.1. The minimum absolute atomic E-state index is 0.0438. The molecule has 0 aliphatic carbocycles. The van der Waals surface area contributed by atoms with E-state index in [-0.39, 0.29) is 11.9 Å². The Hall–Kier alpha value is -1.07. The standard InChI is InChI=1S/C11H10N2OS2/c14-10-9-6-16-7-12(9)11(15)13(10)8-4-2-1-3-5-8/h1-5,9H,6-7H2/t9-/m0/s1. The van der Waals surface area contributed by atoms with Gasteiger partial charge in [0.25, 0.3) is 5.91 Å². The molecule has 1 atom stereocenters. The molecule has 2 fully saturated rings. The first kappa shape index (κ1) is 10.1. The summed E-state index contributed by atoms with van der Waals surface area (Å²) in [6, 6.07) is 9.56. The molecule has 5 heteroatoms. The molecule has 16 heavy (non-hydrogen) atoms. The van der Waals surface area contributed by atoms with Gasteiger partial charge in [0.15, 0.2) is 5.11 Å². The molecule has 0 spiro atoms. The molecule has 1 amide bonds. The van der Waals surface area contributed by atoms with E-state index < -0.39 is 0 Å². The second kappa shape index (κ2) is 3.75. The molecule has 2 aliphatic rings. The fraction of sp³-hybridized carbons (Fsp3) is 0.273. The molecule has 0 radical (unpaired) electrons. The van der Waals surface area contributed by atoms with Gasteiger partial charge in [0.1, 0.15) is 6.04 Å². The number of hydrogen-bond donors (Lipinski definition) is 0. The first-order valence-electron chi connectivity index (χ1n) is 5.06. The van der Waals surface area contributed by atoms with Gasteiger partial charge in [-0.3, -0.25) is 9.69 Å². The van der Waals surface area contributed by atoms with Gasteiger partial charge in [-0.1, -0.05) is 18.2 Å². The fourth-order valence-electron chi connectivity index (χ4n) is 2.02. The predicted molar refractivity (Wildman–Crippen MR) is 69.5 cm³/mol. The van der Waals surface area contributed by atoms with Crippen LogP contribution in [0.2, 0.25) is 0 Å². The van der Waals surface area contributed by atoms with Crippen molar-refractivity contribution in [1.82, 2.24) is 4.90 Å². The lowest BCUT2D eigenvalue weighted by Crippen LogP contribution is -2.32. The van der Waals surface area contributed by atoms with Gasteiger partial charge < -0.3 is 4.90 Å². The Kier molecular flexibility index (Phi) is 2.37. The number of nitrogens with zero attached hydrogens (tertiary/aromatic N) is 2. The van der Waals surface area contributed by atoms with Crippen LogP contribution in [0.1, 0.15) is 0 Å². The van der Waals surface area contributed by atoms with E-state index in [0.29, 0.717) is 5.11 Å². The van der Waals surface area contributed by atoms with Crippen LogP contribution < -0.4 is 4.90 Å². The summed E-state index contributed by atoms with van der Waals surface area (Å²) in [7, 11) is 0. The number of benzene rings is 1. The van der Waals surface area contributed by atoms with Crippen LogP contribution in [0.25, 0.3) is 0 Å². The maximum absolute atomic E-state index is 12.2. The average molecular weight is 250 g/mol. The van der Waals surface area contributed by atoms with Gasteiger partial charge in [-0.25, -0.2) is 0 Å². The van der Waals surface area contributed by atoms with Gasteiger partial charge in [-0.2, -0.15) is 0 Å². The largest absolute Gasteiger partial charge is 0.326 e. The second-order valence-electron chi connectivity index (χ2n) is 3.78. The Labute approximate surface area is 103 Å². The molecule has 1 aromatic rings. The van der Waals surface area contributed by atoms with Crippen LogP contribution in [0.5, 0.6) is 0 Å². The Morgan fingerprint density at radius 1 is 1.31 bits per heavy atom. The fourth-order valence-corrected chi connectivity index (χ4v) is 3.64. The highest BCUT2D eigenvalue weighted by Crippen LogP contribution is 2.32. The highest BCUT2D eigenvalue weighted by atomic mass is 32.2. The normalized spacial score (nSPS) is 24.1. The molecule has 2 saturated heterocycles. The lowest BCUT2D eigenvalue weighted by atomic mass is 10.2. The van der Waals surface area contributed by atoms with Gasteiger partial charge in [0.05, 0.1) is 11.6 Å². The molecular weight excluding hydrogens is 240 g/mol. The summed E-state index contributed by atoms with van der Waals surface area (Å²) < 4.78 is 0. The quantitative estimate of drug-likeness (QED) is 0.708. The third-order valence-corrected chi connectivity index (χ3v) is 4.27. The van der Waals surface area contributed by atoms with Crippen LogP contribution >= 0.6 is 24.0 Å². The lowest BCUT2D eigenvalue weighted by molar-refractivity contribution is -0.118. The maximum atomic E-state index is 12.2. The SMILES string of the molecule is O=C1[C@@H]2CSCN2C(=S)N1c1ccccc1. The summed E-state index contributed by atoms with van der Waals surface area (Å²) in [5.74, 6) is 1.79. The van der Waals surface area contributed by atoms with Gasteiger partial charge in [0, 0.05) is 5.75 Å². The van der Waals surface area contributed by atoms with Crippen molar-refractivity contribution in [2.45, 2.75) is 6.04 Å². The molecule has 2 heterocycles. The maximum Gasteiger partial charge on any atom is 0.256 e. The molecule has 3 rings (SSSR count). The van der Waals surface area contributed by atoms with Gasteiger partial charge in [-0.15, -0.1) is 11.8 Å². The van der Waals surface area contributed by atoms with Crippen LogP contribution in [-0.4, -0.2) is 33.6 Å². The van der Waals surface area contributed by atoms with Crippen molar-refractivity contribution in [2.75, 3.05) is 16.5 Å². The van der Waals surface area contributed by atoms with E-state index in [0.717, 1.165) is 17.3 Å². The van der Waals surface area contributed by atoms with Gasteiger partial charge in [0.2, 0.25) is 0 Å². The smallest absolute Gasteiger partial charge is 0.256 e. The number of anilines is 1. The predicted octanol–water partition coefficient (Wildman–Crippen LogP) is 1.69. The summed E-state index contributed by atoms with van der Waals surface area (Å²) in [6.07, 6.45) is 0. The molecular formula is C11H10N2OS2. The molecule has 3 nitrogen and oxygen atoms in total. The monoisotopic (exact) mass is 250 g/mol. The Balaban J connectivity index is 1.98. The van der Waals surface area contributed by atoms with E-state index in [9.17, 15) is 4.79 Å². The molecule has 1 aromatic carbocycles. The molecule has 0 bridgehead atoms. The Bertz CT molecular complexity index is 427. The van der Waals surface area contributed by atoms with E-state index in [1.165, 1.54) is 0 Å². The number of carbonyl (C=O) groups is 1. The number of fused-ring (bicyclic) bond motifs is 1. The first-order chi connectivity index (χ1) is 7.79. The number of rotatable bonds is 1. The summed E-state index contributed by atoms with van der Waals surface area (Å²) >= 11 is 7.12. The van der Waals surface area contributed by atoms with Crippen molar-refractivity contribution in [3.05, 3.63) is 30.3 Å². The molecule has 0 unspecified atom stereocenters. The number of hydrogen-bond acceptors (Lipinski definition) is 3. The number of amides is 1. The number of thioether (sulfide) groups is 1. The Morgan fingerprint density at radius 3 is 2.75 bits per heavy atom.